The summed E-state index contributed by atoms with van der Waals surface area (Å²) in [7, 11) is 5.18. The Hall–Kier alpha value is -3.52. The van der Waals surface area contributed by atoms with Crippen LogP contribution in [0.3, 0.4) is 0 Å². The zero-order valence-corrected chi connectivity index (χ0v) is 17.5. The van der Waals surface area contributed by atoms with Crippen LogP contribution >= 0.6 is 0 Å². The van der Waals surface area contributed by atoms with E-state index in [-0.39, 0.29) is 29.1 Å². The number of carbonyl (C=O) groups is 1. The molecular formula is C22H25N5O3. The van der Waals surface area contributed by atoms with Gasteiger partial charge in [0.05, 0.1) is 19.2 Å². The van der Waals surface area contributed by atoms with Crippen molar-refractivity contribution in [3.63, 3.8) is 0 Å². The fraction of sp³-hybridized carbons (Fsp3) is 0.273. The predicted octanol–water partition coefficient (Wildman–Crippen LogP) is 2.82. The zero-order chi connectivity index (χ0) is 21.7. The SMILES string of the molecule is CCn1nc(-c2cccnc2)c(C(=O)CN(C)C)c(Nc2cccc(OC)c2)c1=O. The maximum atomic E-state index is 13.2. The van der Waals surface area contributed by atoms with Gasteiger partial charge in [0, 0.05) is 36.3 Å². The van der Waals surface area contributed by atoms with Crippen molar-refractivity contribution in [3.05, 3.63) is 64.7 Å². The fourth-order valence-electron chi connectivity index (χ4n) is 3.09. The van der Waals surface area contributed by atoms with Crippen molar-refractivity contribution in [1.82, 2.24) is 19.7 Å². The molecule has 0 amide bonds. The summed E-state index contributed by atoms with van der Waals surface area (Å²) in [6.45, 7) is 2.33. The van der Waals surface area contributed by atoms with Gasteiger partial charge in [-0.15, -0.1) is 0 Å². The van der Waals surface area contributed by atoms with E-state index in [1.807, 2.05) is 25.1 Å². The molecule has 0 aliphatic carbocycles. The Labute approximate surface area is 175 Å². The maximum absolute atomic E-state index is 13.2. The van der Waals surface area contributed by atoms with Gasteiger partial charge in [-0.1, -0.05) is 6.07 Å². The van der Waals surface area contributed by atoms with E-state index in [4.69, 9.17) is 4.74 Å². The Bertz CT molecular complexity index is 1090. The third-order valence-electron chi connectivity index (χ3n) is 4.47. The highest BCUT2D eigenvalue weighted by Gasteiger charge is 2.24. The summed E-state index contributed by atoms with van der Waals surface area (Å²) in [6.07, 6.45) is 3.28. The van der Waals surface area contributed by atoms with Gasteiger partial charge < -0.3 is 15.0 Å². The van der Waals surface area contributed by atoms with Crippen LogP contribution in [0.4, 0.5) is 11.4 Å². The van der Waals surface area contributed by atoms with Gasteiger partial charge in [-0.25, -0.2) is 4.68 Å². The number of likely N-dealkylation sites (N-methyl/N-ethyl adjacent to an activating group) is 1. The number of rotatable bonds is 8. The smallest absolute Gasteiger partial charge is 0.291 e. The summed E-state index contributed by atoms with van der Waals surface area (Å²) < 4.78 is 6.62. The first-order chi connectivity index (χ1) is 14.4. The number of hydrogen-bond acceptors (Lipinski definition) is 7. The molecule has 8 heteroatoms. The van der Waals surface area contributed by atoms with Crippen LogP contribution < -0.4 is 15.6 Å². The van der Waals surface area contributed by atoms with Gasteiger partial charge in [0.2, 0.25) is 0 Å². The first kappa shape index (κ1) is 21.2. The van der Waals surface area contributed by atoms with Gasteiger partial charge in [-0.05, 0) is 45.3 Å². The first-order valence-corrected chi connectivity index (χ1v) is 9.59. The van der Waals surface area contributed by atoms with Crippen LogP contribution in [0.2, 0.25) is 0 Å². The largest absolute Gasteiger partial charge is 0.497 e. The van der Waals surface area contributed by atoms with Crippen molar-refractivity contribution in [2.24, 2.45) is 0 Å². The average Bonchev–Trinajstić information content (AvgIpc) is 2.75. The monoisotopic (exact) mass is 407 g/mol. The first-order valence-electron chi connectivity index (χ1n) is 9.59. The fourth-order valence-corrected chi connectivity index (χ4v) is 3.09. The molecule has 3 rings (SSSR count). The molecule has 0 spiro atoms. The minimum Gasteiger partial charge on any atom is -0.497 e. The van der Waals surface area contributed by atoms with Gasteiger partial charge in [0.15, 0.2) is 5.78 Å². The molecule has 0 bridgehead atoms. The lowest BCUT2D eigenvalue weighted by Crippen LogP contribution is -2.31. The number of carbonyl (C=O) groups excluding carboxylic acids is 1. The molecule has 3 aromatic rings. The molecule has 8 nitrogen and oxygen atoms in total. The Balaban J connectivity index is 2.26. The van der Waals surface area contributed by atoms with Crippen LogP contribution in [0.25, 0.3) is 11.3 Å². The highest BCUT2D eigenvalue weighted by Crippen LogP contribution is 2.28. The topological polar surface area (TPSA) is 89.3 Å². The second kappa shape index (κ2) is 9.32. The van der Waals surface area contributed by atoms with Crippen LogP contribution in [0.15, 0.2) is 53.6 Å². The third kappa shape index (κ3) is 4.55. The molecule has 2 heterocycles. The van der Waals surface area contributed by atoms with Gasteiger partial charge in [0.25, 0.3) is 5.56 Å². The summed E-state index contributed by atoms with van der Waals surface area (Å²) in [5, 5.41) is 7.63. The number of methoxy groups -OCH3 is 1. The molecule has 0 aliphatic heterocycles. The van der Waals surface area contributed by atoms with E-state index in [0.29, 0.717) is 29.2 Å². The standard InChI is InChI=1S/C22H25N5O3/c1-5-27-22(29)21(24-16-9-6-10-17(12-16)30-4)19(18(28)14-26(2)3)20(25-27)15-8-7-11-23-13-15/h6-13,24H,5,14H2,1-4H3. The molecule has 0 atom stereocenters. The van der Waals surface area contributed by atoms with Crippen LogP contribution in [-0.4, -0.2) is 53.2 Å². The number of ketones is 1. The summed E-state index contributed by atoms with van der Waals surface area (Å²) >= 11 is 0. The molecule has 0 saturated carbocycles. The summed E-state index contributed by atoms with van der Waals surface area (Å²) in [4.78, 5) is 32.3. The van der Waals surface area contributed by atoms with Gasteiger partial charge in [0.1, 0.15) is 17.1 Å². The lowest BCUT2D eigenvalue weighted by Gasteiger charge is -2.18. The predicted molar refractivity (Wildman–Crippen MR) is 117 cm³/mol. The van der Waals surface area contributed by atoms with E-state index in [2.05, 4.69) is 15.4 Å². The molecule has 0 aliphatic rings. The van der Waals surface area contributed by atoms with Crippen LogP contribution in [-0.2, 0) is 6.54 Å². The van der Waals surface area contributed by atoms with Crippen molar-refractivity contribution in [2.45, 2.75) is 13.5 Å². The Kier molecular flexibility index (Phi) is 6.58. The van der Waals surface area contributed by atoms with E-state index in [9.17, 15) is 9.59 Å². The number of nitrogens with one attached hydrogen (secondary N) is 1. The Morgan fingerprint density at radius 3 is 2.67 bits per heavy atom. The second-order valence-corrected chi connectivity index (χ2v) is 6.98. The van der Waals surface area contributed by atoms with E-state index in [1.165, 1.54) is 4.68 Å². The number of pyridine rings is 1. The van der Waals surface area contributed by atoms with Gasteiger partial charge >= 0.3 is 0 Å². The number of nitrogens with zero attached hydrogens (tertiary/aromatic N) is 4. The number of hydrogen-bond donors (Lipinski definition) is 1. The van der Waals surface area contributed by atoms with E-state index >= 15 is 0 Å². The number of anilines is 2. The highest BCUT2D eigenvalue weighted by atomic mass is 16.5. The van der Waals surface area contributed by atoms with Crippen molar-refractivity contribution >= 4 is 17.2 Å². The molecule has 0 fully saturated rings. The molecule has 0 radical (unpaired) electrons. The number of ether oxygens (including phenoxy) is 1. The number of aromatic nitrogens is 3. The van der Waals surface area contributed by atoms with Crippen LogP contribution in [0.5, 0.6) is 5.75 Å². The molecule has 0 unspecified atom stereocenters. The van der Waals surface area contributed by atoms with Gasteiger partial charge in [-0.3, -0.25) is 14.6 Å². The number of aryl methyl sites for hydroxylation is 1. The molecule has 1 N–H and O–H groups in total. The second-order valence-electron chi connectivity index (χ2n) is 6.98. The van der Waals surface area contributed by atoms with Crippen molar-refractivity contribution in [2.75, 3.05) is 33.1 Å². The van der Waals surface area contributed by atoms with Gasteiger partial charge in [-0.2, -0.15) is 5.10 Å². The molecule has 1 aromatic carbocycles. The molecule has 156 valence electrons. The molecule has 2 aromatic heterocycles. The van der Waals surface area contributed by atoms with Crippen LogP contribution in [0, 0.1) is 0 Å². The zero-order valence-electron chi connectivity index (χ0n) is 17.5. The minimum atomic E-state index is -0.366. The Morgan fingerprint density at radius 2 is 2.03 bits per heavy atom. The quantitative estimate of drug-likeness (QED) is 0.574. The van der Waals surface area contributed by atoms with E-state index in [0.717, 1.165) is 0 Å². The number of benzene rings is 1. The minimum absolute atomic E-state index is 0.136. The summed E-state index contributed by atoms with van der Waals surface area (Å²) in [5.74, 6) is 0.427. The molecule has 30 heavy (non-hydrogen) atoms. The normalized spacial score (nSPS) is 10.8. The van der Waals surface area contributed by atoms with Crippen molar-refractivity contribution < 1.29 is 9.53 Å². The summed E-state index contributed by atoms with van der Waals surface area (Å²) in [6, 6.07) is 10.8. The Morgan fingerprint density at radius 1 is 1.23 bits per heavy atom. The lowest BCUT2D eigenvalue weighted by atomic mass is 10.0. The highest BCUT2D eigenvalue weighted by molar-refractivity contribution is 6.07. The lowest BCUT2D eigenvalue weighted by molar-refractivity contribution is 0.0958. The summed E-state index contributed by atoms with van der Waals surface area (Å²) in [5.41, 5.74) is 1.78. The van der Waals surface area contributed by atoms with E-state index < -0.39 is 0 Å². The molecule has 0 saturated heterocycles. The van der Waals surface area contributed by atoms with Crippen molar-refractivity contribution in [3.8, 4) is 17.0 Å². The third-order valence-corrected chi connectivity index (χ3v) is 4.47. The average molecular weight is 407 g/mol. The van der Waals surface area contributed by atoms with Crippen LogP contribution in [0.1, 0.15) is 17.3 Å². The maximum Gasteiger partial charge on any atom is 0.291 e. The molecular weight excluding hydrogens is 382 g/mol. The van der Waals surface area contributed by atoms with E-state index in [1.54, 1.807) is 56.7 Å². The van der Waals surface area contributed by atoms with Crippen molar-refractivity contribution in [1.29, 1.82) is 0 Å². The number of Topliss-reactive ketones (excluding diaryl/α,β-unsaturated/α-hetero) is 1.